The number of piperidine rings is 1. The number of hydrogen-bond donors (Lipinski definition) is 1. The maximum Gasteiger partial charge on any atom is 0.220 e. The molecule has 1 aromatic rings. The van der Waals surface area contributed by atoms with Gasteiger partial charge in [0.05, 0.1) is 0 Å². The number of carbonyl (C=O) groups is 1. The lowest BCUT2D eigenvalue weighted by Crippen LogP contribution is -2.49. The number of benzene rings is 1. The fourth-order valence-electron chi connectivity index (χ4n) is 3.53. The summed E-state index contributed by atoms with van der Waals surface area (Å²) in [6, 6.07) is 9.07. The van der Waals surface area contributed by atoms with Crippen LogP contribution in [-0.2, 0) is 10.2 Å². The molecule has 2 nitrogen and oxygen atoms in total. The molecule has 2 aliphatic rings. The van der Waals surface area contributed by atoms with Crippen LogP contribution in [0.5, 0.6) is 0 Å². The molecule has 0 bridgehead atoms. The van der Waals surface area contributed by atoms with E-state index in [1.807, 2.05) is 0 Å². The molecule has 90 valence electrons. The second kappa shape index (κ2) is 3.59. The van der Waals surface area contributed by atoms with Gasteiger partial charge in [-0.1, -0.05) is 38.1 Å². The molecule has 0 aromatic heterocycles. The third-order valence-electron chi connectivity index (χ3n) is 4.33. The van der Waals surface area contributed by atoms with Crippen LogP contribution in [0.2, 0.25) is 0 Å². The standard InChI is InChI=1S/C15H19NO/c1-15(2)9-13-11(7-8-14(17)16-13)10-5-3-4-6-12(10)15/h3-6,11,13H,7-9H2,1-2H3,(H,16,17). The molecule has 1 aliphatic carbocycles. The van der Waals surface area contributed by atoms with Gasteiger partial charge in [-0.25, -0.2) is 0 Å². The van der Waals surface area contributed by atoms with Crippen molar-refractivity contribution < 1.29 is 4.79 Å². The first-order chi connectivity index (χ1) is 8.08. The molecule has 0 spiro atoms. The zero-order chi connectivity index (χ0) is 12.0. The Labute approximate surface area is 102 Å². The lowest BCUT2D eigenvalue weighted by Gasteiger charge is -2.45. The lowest BCUT2D eigenvalue weighted by atomic mass is 9.64. The highest BCUT2D eigenvalue weighted by molar-refractivity contribution is 5.77. The Kier molecular flexibility index (Phi) is 2.29. The molecule has 17 heavy (non-hydrogen) atoms. The van der Waals surface area contributed by atoms with Gasteiger partial charge < -0.3 is 5.32 Å². The van der Waals surface area contributed by atoms with E-state index < -0.39 is 0 Å². The molecular weight excluding hydrogens is 210 g/mol. The number of fused-ring (bicyclic) bond motifs is 3. The van der Waals surface area contributed by atoms with Crippen LogP contribution >= 0.6 is 0 Å². The van der Waals surface area contributed by atoms with E-state index in [0.29, 0.717) is 18.4 Å². The summed E-state index contributed by atoms with van der Waals surface area (Å²) in [7, 11) is 0. The summed E-state index contributed by atoms with van der Waals surface area (Å²) >= 11 is 0. The molecule has 3 rings (SSSR count). The minimum Gasteiger partial charge on any atom is -0.353 e. The first-order valence-electron chi connectivity index (χ1n) is 6.47. The van der Waals surface area contributed by atoms with Crippen molar-refractivity contribution in [2.75, 3.05) is 0 Å². The molecule has 2 heteroatoms. The molecule has 1 saturated heterocycles. The zero-order valence-electron chi connectivity index (χ0n) is 10.5. The van der Waals surface area contributed by atoms with E-state index in [0.717, 1.165) is 12.8 Å². The Bertz CT molecular complexity index is 464. The summed E-state index contributed by atoms with van der Waals surface area (Å²) in [4.78, 5) is 11.5. The van der Waals surface area contributed by atoms with E-state index in [4.69, 9.17) is 0 Å². The van der Waals surface area contributed by atoms with E-state index in [-0.39, 0.29) is 11.3 Å². The second-order valence-electron chi connectivity index (χ2n) is 5.99. The van der Waals surface area contributed by atoms with E-state index in [1.54, 1.807) is 0 Å². The Morgan fingerprint density at radius 3 is 2.88 bits per heavy atom. The Morgan fingerprint density at radius 1 is 1.29 bits per heavy atom. The van der Waals surface area contributed by atoms with Crippen LogP contribution in [0.3, 0.4) is 0 Å². The quantitative estimate of drug-likeness (QED) is 0.728. The predicted octanol–water partition coefficient (Wildman–Crippen LogP) is 2.73. The van der Waals surface area contributed by atoms with Crippen molar-refractivity contribution in [2.45, 2.75) is 50.5 Å². The highest BCUT2D eigenvalue weighted by atomic mass is 16.1. The van der Waals surface area contributed by atoms with Crippen LogP contribution in [0.25, 0.3) is 0 Å². The SMILES string of the molecule is CC1(C)CC2NC(=O)CCC2c2ccccc21. The summed E-state index contributed by atoms with van der Waals surface area (Å²) in [6.45, 7) is 4.56. The normalized spacial score (nSPS) is 30.1. The van der Waals surface area contributed by atoms with E-state index >= 15 is 0 Å². The molecule has 2 unspecified atom stereocenters. The molecule has 1 aliphatic heterocycles. The monoisotopic (exact) mass is 229 g/mol. The first kappa shape index (κ1) is 10.8. The molecule has 2 atom stereocenters. The summed E-state index contributed by atoms with van der Waals surface area (Å²) < 4.78 is 0. The van der Waals surface area contributed by atoms with E-state index in [1.165, 1.54) is 11.1 Å². The Morgan fingerprint density at radius 2 is 2.06 bits per heavy atom. The smallest absolute Gasteiger partial charge is 0.220 e. The van der Waals surface area contributed by atoms with Crippen molar-refractivity contribution in [3.8, 4) is 0 Å². The van der Waals surface area contributed by atoms with E-state index in [2.05, 4.69) is 43.4 Å². The lowest BCUT2D eigenvalue weighted by molar-refractivity contribution is -0.124. The van der Waals surface area contributed by atoms with Crippen molar-refractivity contribution >= 4 is 5.91 Å². The van der Waals surface area contributed by atoms with Gasteiger partial charge in [0.1, 0.15) is 0 Å². The minimum atomic E-state index is 0.169. The largest absolute Gasteiger partial charge is 0.353 e. The number of amides is 1. The van der Waals surface area contributed by atoms with Gasteiger partial charge in [0.15, 0.2) is 0 Å². The third-order valence-corrected chi connectivity index (χ3v) is 4.33. The molecule has 1 amide bonds. The highest BCUT2D eigenvalue weighted by Gasteiger charge is 2.41. The van der Waals surface area contributed by atoms with Crippen LogP contribution in [0.1, 0.15) is 50.2 Å². The zero-order valence-corrected chi connectivity index (χ0v) is 10.5. The summed E-state index contributed by atoms with van der Waals surface area (Å²) in [5.74, 6) is 0.748. The fourth-order valence-corrected chi connectivity index (χ4v) is 3.53. The first-order valence-corrected chi connectivity index (χ1v) is 6.47. The molecule has 1 heterocycles. The van der Waals surface area contributed by atoms with Crippen molar-refractivity contribution in [3.05, 3.63) is 35.4 Å². The van der Waals surface area contributed by atoms with Gasteiger partial charge in [-0.05, 0) is 29.4 Å². The van der Waals surface area contributed by atoms with Gasteiger partial charge in [-0.3, -0.25) is 4.79 Å². The molecular formula is C15H19NO. The van der Waals surface area contributed by atoms with Crippen LogP contribution < -0.4 is 5.32 Å². The highest BCUT2D eigenvalue weighted by Crippen LogP contribution is 2.45. The predicted molar refractivity (Wildman–Crippen MR) is 68.0 cm³/mol. The summed E-state index contributed by atoms with van der Waals surface area (Å²) in [5.41, 5.74) is 3.09. The average molecular weight is 229 g/mol. The number of nitrogens with one attached hydrogen (secondary N) is 1. The maximum absolute atomic E-state index is 11.5. The summed E-state index contributed by atoms with van der Waals surface area (Å²) in [5, 5.41) is 3.18. The molecule has 1 N–H and O–H groups in total. The second-order valence-corrected chi connectivity index (χ2v) is 5.99. The Balaban J connectivity index is 2.07. The van der Waals surface area contributed by atoms with Gasteiger partial charge in [0.25, 0.3) is 0 Å². The minimum absolute atomic E-state index is 0.169. The molecule has 1 aromatic carbocycles. The Hall–Kier alpha value is -1.31. The maximum atomic E-state index is 11.5. The molecule has 1 fully saturated rings. The van der Waals surface area contributed by atoms with E-state index in [9.17, 15) is 4.79 Å². The summed E-state index contributed by atoms with van der Waals surface area (Å²) in [6.07, 6.45) is 2.74. The number of carbonyl (C=O) groups excluding carboxylic acids is 1. The third kappa shape index (κ3) is 1.67. The topological polar surface area (TPSA) is 29.1 Å². The van der Waals surface area contributed by atoms with Gasteiger partial charge in [0, 0.05) is 18.4 Å². The van der Waals surface area contributed by atoms with Crippen molar-refractivity contribution in [3.63, 3.8) is 0 Å². The van der Waals surface area contributed by atoms with Gasteiger partial charge in [-0.15, -0.1) is 0 Å². The van der Waals surface area contributed by atoms with Crippen molar-refractivity contribution in [1.82, 2.24) is 5.32 Å². The van der Waals surface area contributed by atoms with Crippen molar-refractivity contribution in [1.29, 1.82) is 0 Å². The van der Waals surface area contributed by atoms with Gasteiger partial charge in [0.2, 0.25) is 5.91 Å². The van der Waals surface area contributed by atoms with Gasteiger partial charge in [-0.2, -0.15) is 0 Å². The number of hydrogen-bond acceptors (Lipinski definition) is 1. The average Bonchev–Trinajstić information content (AvgIpc) is 2.28. The van der Waals surface area contributed by atoms with Crippen LogP contribution in [0, 0.1) is 0 Å². The van der Waals surface area contributed by atoms with Crippen LogP contribution in [0.4, 0.5) is 0 Å². The molecule has 0 radical (unpaired) electrons. The van der Waals surface area contributed by atoms with Crippen LogP contribution in [0.15, 0.2) is 24.3 Å². The number of rotatable bonds is 0. The van der Waals surface area contributed by atoms with Gasteiger partial charge >= 0.3 is 0 Å². The van der Waals surface area contributed by atoms with Crippen molar-refractivity contribution in [2.24, 2.45) is 0 Å². The van der Waals surface area contributed by atoms with Crippen LogP contribution in [-0.4, -0.2) is 11.9 Å². The fraction of sp³-hybridized carbons (Fsp3) is 0.533. The molecule has 0 saturated carbocycles.